The fourth-order valence-electron chi connectivity index (χ4n) is 3.38. The van der Waals surface area contributed by atoms with Gasteiger partial charge in [0.05, 0.1) is 18.6 Å². The van der Waals surface area contributed by atoms with Gasteiger partial charge in [-0.3, -0.25) is 4.79 Å². The molecule has 0 saturated heterocycles. The summed E-state index contributed by atoms with van der Waals surface area (Å²) in [6.45, 7) is 0. The first-order valence-electron chi connectivity index (χ1n) is 7.52. The van der Waals surface area contributed by atoms with Gasteiger partial charge in [-0.15, -0.1) is 0 Å². The molecule has 1 aliphatic carbocycles. The third kappa shape index (κ3) is 2.58. The second-order valence-electron chi connectivity index (χ2n) is 5.88. The summed E-state index contributed by atoms with van der Waals surface area (Å²) in [5, 5.41) is 10.2. The van der Waals surface area contributed by atoms with Gasteiger partial charge in [0.15, 0.2) is 0 Å². The molecule has 1 aromatic heterocycles. The molecule has 0 atom stereocenters. The maximum Gasteiger partial charge on any atom is 0.337 e. The van der Waals surface area contributed by atoms with Crippen molar-refractivity contribution in [3.63, 3.8) is 0 Å². The molecule has 0 aliphatic heterocycles. The van der Waals surface area contributed by atoms with E-state index >= 15 is 0 Å². The summed E-state index contributed by atoms with van der Waals surface area (Å²) in [5.74, 6) is -0.846. The van der Waals surface area contributed by atoms with E-state index in [2.05, 4.69) is 4.98 Å². The molecule has 0 unspecified atom stereocenters. The van der Waals surface area contributed by atoms with E-state index in [-0.39, 0.29) is 11.9 Å². The molecule has 1 heterocycles. The zero-order valence-corrected chi connectivity index (χ0v) is 12.5. The predicted molar refractivity (Wildman–Crippen MR) is 82.0 cm³/mol. The number of methoxy groups -OCH3 is 1. The number of carbonyl (C=O) groups excluding carboxylic acids is 1. The van der Waals surface area contributed by atoms with Gasteiger partial charge in [0, 0.05) is 17.1 Å². The van der Waals surface area contributed by atoms with E-state index in [1.807, 2.05) is 12.3 Å². The number of carboxylic acids is 1. The molecular formula is C17H19NO4. The van der Waals surface area contributed by atoms with Crippen molar-refractivity contribution < 1.29 is 19.4 Å². The topological polar surface area (TPSA) is 79.4 Å². The molecule has 2 N–H and O–H groups in total. The molecule has 5 nitrogen and oxygen atoms in total. The summed E-state index contributed by atoms with van der Waals surface area (Å²) in [4.78, 5) is 25.8. The van der Waals surface area contributed by atoms with Crippen molar-refractivity contribution >= 4 is 22.8 Å². The first-order valence-corrected chi connectivity index (χ1v) is 7.52. The van der Waals surface area contributed by atoms with E-state index in [9.17, 15) is 9.59 Å². The average Bonchev–Trinajstić information content (AvgIpc) is 2.97. The van der Waals surface area contributed by atoms with Gasteiger partial charge in [-0.1, -0.05) is 6.07 Å². The van der Waals surface area contributed by atoms with Gasteiger partial charge in [0.25, 0.3) is 0 Å². The fourth-order valence-corrected chi connectivity index (χ4v) is 3.38. The third-order valence-corrected chi connectivity index (χ3v) is 4.65. The number of ether oxygens (including phenoxy) is 1. The van der Waals surface area contributed by atoms with Crippen molar-refractivity contribution in [2.75, 3.05) is 7.11 Å². The van der Waals surface area contributed by atoms with E-state index < -0.39 is 5.97 Å². The van der Waals surface area contributed by atoms with Crippen LogP contribution in [0.1, 0.15) is 47.5 Å². The molecule has 1 saturated carbocycles. The van der Waals surface area contributed by atoms with Gasteiger partial charge in [-0.2, -0.15) is 0 Å². The predicted octanol–water partition coefficient (Wildman–Crippen LogP) is 3.31. The number of aliphatic carboxylic acids is 1. The van der Waals surface area contributed by atoms with Gasteiger partial charge < -0.3 is 14.8 Å². The van der Waals surface area contributed by atoms with Crippen molar-refractivity contribution in [2.24, 2.45) is 5.92 Å². The Morgan fingerprint density at radius 3 is 2.59 bits per heavy atom. The van der Waals surface area contributed by atoms with Gasteiger partial charge in [-0.25, -0.2) is 4.79 Å². The van der Waals surface area contributed by atoms with Crippen LogP contribution in [0.3, 0.4) is 0 Å². The molecule has 1 aromatic carbocycles. The van der Waals surface area contributed by atoms with Crippen molar-refractivity contribution in [1.29, 1.82) is 0 Å². The Hall–Kier alpha value is -2.30. The van der Waals surface area contributed by atoms with E-state index in [1.54, 1.807) is 12.1 Å². The largest absolute Gasteiger partial charge is 0.481 e. The number of aromatic amines is 1. The highest BCUT2D eigenvalue weighted by molar-refractivity contribution is 5.95. The number of H-pyrrole nitrogens is 1. The van der Waals surface area contributed by atoms with Gasteiger partial charge in [0.2, 0.25) is 0 Å². The summed E-state index contributed by atoms with van der Waals surface area (Å²) in [6, 6.07) is 5.51. The van der Waals surface area contributed by atoms with Crippen LogP contribution in [0.15, 0.2) is 24.4 Å². The molecule has 0 spiro atoms. The minimum absolute atomic E-state index is 0.201. The van der Waals surface area contributed by atoms with Gasteiger partial charge in [-0.05, 0) is 49.3 Å². The van der Waals surface area contributed by atoms with Gasteiger partial charge in [0.1, 0.15) is 0 Å². The highest BCUT2D eigenvalue weighted by atomic mass is 16.5. The Morgan fingerprint density at radius 1 is 1.23 bits per heavy atom. The average molecular weight is 301 g/mol. The summed E-state index contributed by atoms with van der Waals surface area (Å²) in [5.41, 5.74) is 2.66. The number of aromatic nitrogens is 1. The Bertz CT molecular complexity index is 711. The molecule has 22 heavy (non-hydrogen) atoms. The number of rotatable bonds is 3. The van der Waals surface area contributed by atoms with Crippen LogP contribution in [0.25, 0.3) is 10.9 Å². The van der Waals surface area contributed by atoms with Crippen molar-refractivity contribution in [2.45, 2.75) is 31.6 Å². The minimum Gasteiger partial charge on any atom is -0.481 e. The van der Waals surface area contributed by atoms with E-state index in [4.69, 9.17) is 9.84 Å². The van der Waals surface area contributed by atoms with Crippen LogP contribution in [0, 0.1) is 5.92 Å². The van der Waals surface area contributed by atoms with Crippen LogP contribution in [0.5, 0.6) is 0 Å². The number of carbonyl (C=O) groups is 2. The zero-order chi connectivity index (χ0) is 15.7. The molecule has 116 valence electrons. The van der Waals surface area contributed by atoms with Crippen molar-refractivity contribution in [1.82, 2.24) is 4.98 Å². The summed E-state index contributed by atoms with van der Waals surface area (Å²) < 4.78 is 4.73. The Balaban J connectivity index is 1.84. The number of benzene rings is 1. The molecule has 3 rings (SSSR count). The van der Waals surface area contributed by atoms with Crippen LogP contribution in [-0.2, 0) is 9.53 Å². The normalized spacial score (nSPS) is 21.7. The van der Waals surface area contributed by atoms with Crippen LogP contribution in [0.2, 0.25) is 0 Å². The number of nitrogens with one attached hydrogen (secondary N) is 1. The summed E-state index contributed by atoms with van der Waals surface area (Å²) >= 11 is 0. The molecule has 5 heteroatoms. The quantitative estimate of drug-likeness (QED) is 0.852. The molecular weight excluding hydrogens is 282 g/mol. The van der Waals surface area contributed by atoms with Crippen molar-refractivity contribution in [3.8, 4) is 0 Å². The zero-order valence-electron chi connectivity index (χ0n) is 12.5. The lowest BCUT2D eigenvalue weighted by molar-refractivity contribution is -0.142. The second-order valence-corrected chi connectivity index (χ2v) is 5.88. The number of hydrogen-bond donors (Lipinski definition) is 2. The smallest absolute Gasteiger partial charge is 0.337 e. The first-order chi connectivity index (χ1) is 10.6. The molecule has 1 fully saturated rings. The SMILES string of the molecule is COC(=O)c1ccc2c(C3CCC(C(=O)O)CC3)c[nH]c2c1. The fraction of sp³-hybridized carbons (Fsp3) is 0.412. The summed E-state index contributed by atoms with van der Waals surface area (Å²) in [6.07, 6.45) is 5.22. The first kappa shape index (κ1) is 14.6. The molecule has 0 radical (unpaired) electrons. The highest BCUT2D eigenvalue weighted by Crippen LogP contribution is 2.38. The van der Waals surface area contributed by atoms with Crippen molar-refractivity contribution in [3.05, 3.63) is 35.5 Å². The van der Waals surface area contributed by atoms with Crippen LogP contribution >= 0.6 is 0 Å². The lowest BCUT2D eigenvalue weighted by Gasteiger charge is -2.25. The molecule has 0 bridgehead atoms. The van der Waals surface area contributed by atoms with Crippen LogP contribution in [0.4, 0.5) is 0 Å². The lowest BCUT2D eigenvalue weighted by Crippen LogP contribution is -2.20. The number of carboxylic acid groups (broad SMARTS) is 1. The number of hydrogen-bond acceptors (Lipinski definition) is 3. The second kappa shape index (κ2) is 5.83. The Labute approximate surface area is 128 Å². The van der Waals surface area contributed by atoms with Gasteiger partial charge >= 0.3 is 11.9 Å². The third-order valence-electron chi connectivity index (χ3n) is 4.65. The van der Waals surface area contributed by atoms with E-state index in [0.29, 0.717) is 11.5 Å². The maximum absolute atomic E-state index is 11.6. The summed E-state index contributed by atoms with van der Waals surface area (Å²) in [7, 11) is 1.37. The number of fused-ring (bicyclic) bond motifs is 1. The van der Waals surface area contributed by atoms with Crippen LogP contribution < -0.4 is 0 Å². The van der Waals surface area contributed by atoms with E-state index in [0.717, 1.165) is 36.6 Å². The molecule has 2 aromatic rings. The molecule has 1 aliphatic rings. The maximum atomic E-state index is 11.6. The lowest BCUT2D eigenvalue weighted by atomic mass is 9.78. The number of esters is 1. The molecule has 0 amide bonds. The van der Waals surface area contributed by atoms with E-state index in [1.165, 1.54) is 12.7 Å². The minimum atomic E-state index is -0.680. The standard InChI is InChI=1S/C17H19NO4/c1-22-17(21)12-6-7-13-14(9-18-15(13)8-12)10-2-4-11(5-3-10)16(19)20/h6-11,18H,2-5H2,1H3,(H,19,20). The monoisotopic (exact) mass is 301 g/mol. The highest BCUT2D eigenvalue weighted by Gasteiger charge is 2.28. The Morgan fingerprint density at radius 2 is 1.95 bits per heavy atom. The van der Waals surface area contributed by atoms with Crippen LogP contribution in [-0.4, -0.2) is 29.1 Å². The Kier molecular flexibility index (Phi) is 3.88.